The van der Waals surface area contributed by atoms with Crippen molar-refractivity contribution < 1.29 is 17.9 Å². The van der Waals surface area contributed by atoms with Crippen molar-refractivity contribution in [1.29, 1.82) is 0 Å². The van der Waals surface area contributed by atoms with Crippen LogP contribution >= 0.6 is 0 Å². The summed E-state index contributed by atoms with van der Waals surface area (Å²) in [7, 11) is -0.653. The predicted molar refractivity (Wildman–Crippen MR) is 83.3 cm³/mol. The summed E-state index contributed by atoms with van der Waals surface area (Å²) in [6, 6.07) is 5.07. The number of amides is 1. The van der Waals surface area contributed by atoms with Crippen molar-refractivity contribution in [1.82, 2.24) is 9.62 Å². The Kier molecular flexibility index (Phi) is 5.08. The molecule has 6 nitrogen and oxygen atoms in total. The fourth-order valence-corrected chi connectivity index (χ4v) is 4.47. The number of hydrogen-bond acceptors (Lipinski definition) is 4. The van der Waals surface area contributed by atoms with Crippen molar-refractivity contribution in [3.05, 3.63) is 23.8 Å². The van der Waals surface area contributed by atoms with E-state index in [1.54, 1.807) is 25.2 Å². The molecule has 0 saturated carbocycles. The standard InChI is InChI=1S/C15H22N2O4S/c1-11-6-7-13(21-3)14(9-11)22(19,20)17-8-4-5-12(10-17)15(18)16-2/h6-7,9,12H,4-5,8,10H2,1-3H3,(H,16,18)/t12-/m0/s1. The second-order valence-electron chi connectivity index (χ2n) is 5.47. The van der Waals surface area contributed by atoms with Gasteiger partial charge in [-0.15, -0.1) is 0 Å². The van der Waals surface area contributed by atoms with Gasteiger partial charge in [0.1, 0.15) is 10.6 Å². The van der Waals surface area contributed by atoms with Crippen molar-refractivity contribution in [3.8, 4) is 5.75 Å². The fraction of sp³-hybridized carbons (Fsp3) is 0.533. The number of benzene rings is 1. The smallest absolute Gasteiger partial charge is 0.246 e. The molecule has 1 amide bonds. The van der Waals surface area contributed by atoms with E-state index >= 15 is 0 Å². The molecular weight excluding hydrogens is 304 g/mol. The van der Waals surface area contributed by atoms with Gasteiger partial charge in [-0.2, -0.15) is 4.31 Å². The van der Waals surface area contributed by atoms with Crippen molar-refractivity contribution in [2.75, 3.05) is 27.2 Å². The van der Waals surface area contributed by atoms with Crippen molar-refractivity contribution >= 4 is 15.9 Å². The third kappa shape index (κ3) is 3.25. The van der Waals surface area contributed by atoms with Crippen LogP contribution < -0.4 is 10.1 Å². The van der Waals surface area contributed by atoms with E-state index < -0.39 is 10.0 Å². The molecule has 1 saturated heterocycles. The van der Waals surface area contributed by atoms with Gasteiger partial charge >= 0.3 is 0 Å². The van der Waals surface area contributed by atoms with Crippen molar-refractivity contribution in [2.24, 2.45) is 5.92 Å². The van der Waals surface area contributed by atoms with Gasteiger partial charge in [-0.25, -0.2) is 8.42 Å². The van der Waals surface area contributed by atoms with E-state index in [2.05, 4.69) is 5.32 Å². The Bertz CT molecular complexity index is 658. The van der Waals surface area contributed by atoms with E-state index in [9.17, 15) is 13.2 Å². The second kappa shape index (κ2) is 6.66. The average Bonchev–Trinajstić information content (AvgIpc) is 2.54. The molecular formula is C15H22N2O4S. The summed E-state index contributed by atoms with van der Waals surface area (Å²) in [5.74, 6) is -0.0897. The zero-order valence-corrected chi connectivity index (χ0v) is 13.9. The van der Waals surface area contributed by atoms with Crippen LogP contribution in [0.5, 0.6) is 5.75 Å². The Morgan fingerprint density at radius 3 is 2.77 bits per heavy atom. The van der Waals surface area contributed by atoms with E-state index in [0.717, 1.165) is 5.56 Å². The molecule has 22 heavy (non-hydrogen) atoms. The maximum absolute atomic E-state index is 12.9. The topological polar surface area (TPSA) is 75.7 Å². The molecule has 0 unspecified atom stereocenters. The largest absolute Gasteiger partial charge is 0.495 e. The molecule has 0 aromatic heterocycles. The van der Waals surface area contributed by atoms with Gasteiger partial charge in [0, 0.05) is 20.1 Å². The number of carbonyl (C=O) groups excluding carboxylic acids is 1. The number of aryl methyl sites for hydroxylation is 1. The van der Waals surface area contributed by atoms with E-state index in [1.165, 1.54) is 11.4 Å². The number of rotatable bonds is 4. The monoisotopic (exact) mass is 326 g/mol. The second-order valence-corrected chi connectivity index (χ2v) is 7.38. The van der Waals surface area contributed by atoms with Crippen LogP contribution in [0.15, 0.2) is 23.1 Å². The minimum atomic E-state index is -3.67. The number of nitrogens with one attached hydrogen (secondary N) is 1. The number of piperidine rings is 1. The first-order valence-electron chi connectivity index (χ1n) is 7.26. The Morgan fingerprint density at radius 2 is 2.14 bits per heavy atom. The summed E-state index contributed by atoms with van der Waals surface area (Å²) in [6.45, 7) is 2.47. The molecule has 1 atom stereocenters. The van der Waals surface area contributed by atoms with Gasteiger partial charge in [0.05, 0.1) is 13.0 Å². The predicted octanol–water partition coefficient (Wildman–Crippen LogP) is 1.15. The highest BCUT2D eigenvalue weighted by Crippen LogP contribution is 2.30. The Morgan fingerprint density at radius 1 is 1.41 bits per heavy atom. The lowest BCUT2D eigenvalue weighted by Gasteiger charge is -2.31. The van der Waals surface area contributed by atoms with Gasteiger partial charge < -0.3 is 10.1 Å². The fourth-order valence-electron chi connectivity index (χ4n) is 2.70. The maximum Gasteiger partial charge on any atom is 0.246 e. The highest BCUT2D eigenvalue weighted by Gasteiger charge is 2.34. The molecule has 2 rings (SSSR count). The van der Waals surface area contributed by atoms with Crippen LogP contribution in [-0.4, -0.2) is 45.9 Å². The van der Waals surface area contributed by atoms with Crippen LogP contribution in [-0.2, 0) is 14.8 Å². The first-order chi connectivity index (χ1) is 10.4. The molecule has 7 heteroatoms. The van der Waals surface area contributed by atoms with Crippen LogP contribution in [0.1, 0.15) is 18.4 Å². The van der Waals surface area contributed by atoms with E-state index in [0.29, 0.717) is 25.1 Å². The Labute approximate surface area is 131 Å². The number of carbonyl (C=O) groups is 1. The molecule has 1 fully saturated rings. The molecule has 1 aromatic rings. The average molecular weight is 326 g/mol. The highest BCUT2D eigenvalue weighted by molar-refractivity contribution is 7.89. The van der Waals surface area contributed by atoms with Crippen molar-refractivity contribution in [2.45, 2.75) is 24.7 Å². The third-order valence-electron chi connectivity index (χ3n) is 3.94. The molecule has 1 aliphatic rings. The van der Waals surface area contributed by atoms with E-state index in [1.807, 2.05) is 6.92 Å². The van der Waals surface area contributed by atoms with Gasteiger partial charge in [-0.05, 0) is 37.5 Å². The molecule has 0 spiro atoms. The lowest BCUT2D eigenvalue weighted by molar-refractivity contribution is -0.125. The summed E-state index contributed by atoms with van der Waals surface area (Å²) >= 11 is 0. The van der Waals surface area contributed by atoms with Crippen LogP contribution in [0, 0.1) is 12.8 Å². The summed E-state index contributed by atoms with van der Waals surface area (Å²) in [5, 5.41) is 2.59. The minimum absolute atomic E-state index is 0.115. The van der Waals surface area contributed by atoms with Crippen LogP contribution in [0.2, 0.25) is 0 Å². The van der Waals surface area contributed by atoms with Gasteiger partial charge in [-0.3, -0.25) is 4.79 Å². The minimum Gasteiger partial charge on any atom is -0.495 e. The van der Waals surface area contributed by atoms with Crippen LogP contribution in [0.3, 0.4) is 0 Å². The summed E-state index contributed by atoms with van der Waals surface area (Å²) < 4.78 is 32.4. The molecule has 0 radical (unpaired) electrons. The summed E-state index contributed by atoms with van der Waals surface area (Å²) in [5.41, 5.74) is 0.847. The first kappa shape index (κ1) is 16.8. The quantitative estimate of drug-likeness (QED) is 0.900. The highest BCUT2D eigenvalue weighted by atomic mass is 32.2. The SMILES string of the molecule is CNC(=O)[C@H]1CCCN(S(=O)(=O)c2cc(C)ccc2OC)C1. The Balaban J connectivity index is 2.34. The van der Waals surface area contributed by atoms with Crippen LogP contribution in [0.4, 0.5) is 0 Å². The normalized spacial score (nSPS) is 19.7. The molecule has 1 heterocycles. The number of ether oxygens (including phenoxy) is 1. The molecule has 1 N–H and O–H groups in total. The third-order valence-corrected chi connectivity index (χ3v) is 5.82. The summed E-state index contributed by atoms with van der Waals surface area (Å²) in [6.07, 6.45) is 1.38. The lowest BCUT2D eigenvalue weighted by atomic mass is 9.99. The summed E-state index contributed by atoms with van der Waals surface area (Å²) in [4.78, 5) is 12.0. The maximum atomic E-state index is 12.9. The molecule has 0 aliphatic carbocycles. The lowest BCUT2D eigenvalue weighted by Crippen LogP contribution is -2.44. The van der Waals surface area contributed by atoms with E-state index in [-0.39, 0.29) is 23.3 Å². The molecule has 1 aromatic carbocycles. The van der Waals surface area contributed by atoms with Crippen LogP contribution in [0.25, 0.3) is 0 Å². The molecule has 122 valence electrons. The number of nitrogens with zero attached hydrogens (tertiary/aromatic N) is 1. The zero-order chi connectivity index (χ0) is 16.3. The zero-order valence-electron chi connectivity index (χ0n) is 13.1. The first-order valence-corrected chi connectivity index (χ1v) is 8.70. The van der Waals surface area contributed by atoms with Crippen molar-refractivity contribution in [3.63, 3.8) is 0 Å². The van der Waals surface area contributed by atoms with Gasteiger partial charge in [0.2, 0.25) is 15.9 Å². The van der Waals surface area contributed by atoms with E-state index in [4.69, 9.17) is 4.74 Å². The molecule has 0 bridgehead atoms. The molecule has 1 aliphatic heterocycles. The Hall–Kier alpha value is -1.60. The van der Waals surface area contributed by atoms with Gasteiger partial charge in [0.15, 0.2) is 0 Å². The van der Waals surface area contributed by atoms with Gasteiger partial charge in [0.25, 0.3) is 0 Å². The van der Waals surface area contributed by atoms with Gasteiger partial charge in [-0.1, -0.05) is 6.07 Å². The number of sulfonamides is 1. The number of methoxy groups -OCH3 is 1. The number of hydrogen-bond donors (Lipinski definition) is 1.